The monoisotopic (exact) mass is 284 g/mol. The highest BCUT2D eigenvalue weighted by Gasteiger charge is 2.31. The fraction of sp³-hybridized carbons (Fsp3) is 0.385. The molecule has 108 valence electrons. The second kappa shape index (κ2) is 5.62. The molecule has 1 unspecified atom stereocenters. The maximum atomic E-state index is 12.5. The molecule has 4 nitrogen and oxygen atoms in total. The standard InChI is InChI=1S/C13H15F3N4/c1-2-6-20-7-5-18-12(20)11(17)10-4-3-9(8-19-10)13(14,15)16/h3-5,7-8,11H,2,6,17H2,1H3. The summed E-state index contributed by atoms with van der Waals surface area (Å²) in [6.07, 6.45) is 0.729. The summed E-state index contributed by atoms with van der Waals surface area (Å²) in [6, 6.07) is 1.63. The Labute approximate surface area is 114 Å². The lowest BCUT2D eigenvalue weighted by atomic mass is 10.1. The van der Waals surface area contributed by atoms with Crippen molar-refractivity contribution in [3.05, 3.63) is 47.8 Å². The van der Waals surface area contributed by atoms with Crippen LogP contribution in [0.1, 0.15) is 36.5 Å². The second-order valence-corrected chi connectivity index (χ2v) is 4.43. The van der Waals surface area contributed by atoms with Gasteiger partial charge in [0, 0.05) is 25.1 Å². The lowest BCUT2D eigenvalue weighted by molar-refractivity contribution is -0.137. The number of hydrogen-bond donors (Lipinski definition) is 1. The van der Waals surface area contributed by atoms with E-state index in [-0.39, 0.29) is 0 Å². The number of halogens is 3. The van der Waals surface area contributed by atoms with E-state index in [4.69, 9.17) is 5.73 Å². The number of hydrogen-bond acceptors (Lipinski definition) is 3. The van der Waals surface area contributed by atoms with Gasteiger partial charge in [0.25, 0.3) is 0 Å². The van der Waals surface area contributed by atoms with E-state index in [1.165, 1.54) is 6.07 Å². The van der Waals surface area contributed by atoms with Crippen molar-refractivity contribution in [3.8, 4) is 0 Å². The third-order valence-electron chi connectivity index (χ3n) is 2.92. The van der Waals surface area contributed by atoms with Crippen molar-refractivity contribution in [2.45, 2.75) is 32.1 Å². The van der Waals surface area contributed by atoms with Gasteiger partial charge in [0.2, 0.25) is 0 Å². The number of nitrogens with two attached hydrogens (primary N) is 1. The molecule has 0 aliphatic rings. The minimum atomic E-state index is -4.39. The number of alkyl halides is 3. The normalized spacial score (nSPS) is 13.4. The summed E-state index contributed by atoms with van der Waals surface area (Å²) in [5.74, 6) is 0.596. The van der Waals surface area contributed by atoms with E-state index in [1.54, 1.807) is 12.4 Å². The fourth-order valence-corrected chi connectivity index (χ4v) is 1.92. The third kappa shape index (κ3) is 2.98. The van der Waals surface area contributed by atoms with Crippen molar-refractivity contribution in [2.24, 2.45) is 5.73 Å². The van der Waals surface area contributed by atoms with Crippen molar-refractivity contribution < 1.29 is 13.2 Å². The summed E-state index contributed by atoms with van der Waals surface area (Å²) >= 11 is 0. The highest BCUT2D eigenvalue weighted by Crippen LogP contribution is 2.29. The van der Waals surface area contributed by atoms with Crippen molar-refractivity contribution in [3.63, 3.8) is 0 Å². The van der Waals surface area contributed by atoms with Crippen LogP contribution in [-0.2, 0) is 12.7 Å². The molecule has 0 bridgehead atoms. The van der Waals surface area contributed by atoms with E-state index >= 15 is 0 Å². The first-order valence-corrected chi connectivity index (χ1v) is 6.23. The van der Waals surface area contributed by atoms with Gasteiger partial charge in [-0.05, 0) is 18.6 Å². The van der Waals surface area contributed by atoms with Crippen LogP contribution in [0.2, 0.25) is 0 Å². The van der Waals surface area contributed by atoms with Crippen LogP contribution in [0.15, 0.2) is 30.7 Å². The maximum absolute atomic E-state index is 12.5. The number of aryl methyl sites for hydroxylation is 1. The van der Waals surface area contributed by atoms with Crippen molar-refractivity contribution in [1.82, 2.24) is 14.5 Å². The summed E-state index contributed by atoms with van der Waals surface area (Å²) < 4.78 is 39.3. The van der Waals surface area contributed by atoms with E-state index < -0.39 is 17.8 Å². The van der Waals surface area contributed by atoms with Crippen LogP contribution in [0.5, 0.6) is 0 Å². The van der Waals surface area contributed by atoms with Gasteiger partial charge in [-0.1, -0.05) is 6.92 Å². The zero-order chi connectivity index (χ0) is 14.8. The first kappa shape index (κ1) is 14.5. The molecule has 0 amide bonds. The van der Waals surface area contributed by atoms with Gasteiger partial charge in [-0.15, -0.1) is 0 Å². The molecule has 0 aromatic carbocycles. The zero-order valence-electron chi connectivity index (χ0n) is 10.9. The number of imidazole rings is 1. The molecule has 0 aliphatic heterocycles. The minimum absolute atomic E-state index is 0.363. The Kier molecular flexibility index (Phi) is 4.08. The first-order valence-electron chi connectivity index (χ1n) is 6.23. The van der Waals surface area contributed by atoms with Crippen LogP contribution in [0.3, 0.4) is 0 Å². The summed E-state index contributed by atoms with van der Waals surface area (Å²) in [6.45, 7) is 2.77. The van der Waals surface area contributed by atoms with Gasteiger partial charge in [0.1, 0.15) is 11.9 Å². The summed E-state index contributed by atoms with van der Waals surface area (Å²) in [5, 5.41) is 0. The zero-order valence-corrected chi connectivity index (χ0v) is 10.9. The first-order chi connectivity index (χ1) is 9.43. The Morgan fingerprint density at radius 1 is 1.30 bits per heavy atom. The SMILES string of the molecule is CCCn1ccnc1C(N)c1ccc(C(F)(F)F)cn1. The van der Waals surface area contributed by atoms with E-state index in [2.05, 4.69) is 9.97 Å². The number of rotatable bonds is 4. The topological polar surface area (TPSA) is 56.7 Å². The van der Waals surface area contributed by atoms with E-state index in [9.17, 15) is 13.2 Å². The van der Waals surface area contributed by atoms with Gasteiger partial charge in [0.15, 0.2) is 0 Å². The average molecular weight is 284 g/mol. The van der Waals surface area contributed by atoms with Gasteiger partial charge in [0.05, 0.1) is 11.3 Å². The molecule has 0 saturated heterocycles. The molecule has 2 heterocycles. The Hall–Kier alpha value is -1.89. The molecule has 0 saturated carbocycles. The molecule has 1 atom stereocenters. The molecule has 2 rings (SSSR count). The Morgan fingerprint density at radius 2 is 2.05 bits per heavy atom. The summed E-state index contributed by atoms with van der Waals surface area (Å²) in [5.41, 5.74) is 5.60. The lowest BCUT2D eigenvalue weighted by Crippen LogP contribution is -2.19. The van der Waals surface area contributed by atoms with Crippen LogP contribution in [0.25, 0.3) is 0 Å². The molecule has 0 spiro atoms. The van der Waals surface area contributed by atoms with Gasteiger partial charge in [-0.2, -0.15) is 13.2 Å². The van der Waals surface area contributed by atoms with E-state index in [0.29, 0.717) is 11.5 Å². The van der Waals surface area contributed by atoms with Crippen molar-refractivity contribution in [1.29, 1.82) is 0 Å². The van der Waals surface area contributed by atoms with Crippen molar-refractivity contribution in [2.75, 3.05) is 0 Å². The summed E-state index contributed by atoms with van der Waals surface area (Å²) in [4.78, 5) is 7.96. The Balaban J connectivity index is 2.25. The number of pyridine rings is 1. The van der Waals surface area contributed by atoms with E-state index in [1.807, 2.05) is 11.5 Å². The van der Waals surface area contributed by atoms with Crippen LogP contribution in [0, 0.1) is 0 Å². The minimum Gasteiger partial charge on any atom is -0.333 e. The molecule has 0 radical (unpaired) electrons. The fourth-order valence-electron chi connectivity index (χ4n) is 1.92. The van der Waals surface area contributed by atoms with Crippen LogP contribution >= 0.6 is 0 Å². The summed E-state index contributed by atoms with van der Waals surface area (Å²) in [7, 11) is 0. The van der Waals surface area contributed by atoms with Crippen molar-refractivity contribution >= 4 is 0 Å². The van der Waals surface area contributed by atoms with Crippen LogP contribution in [-0.4, -0.2) is 14.5 Å². The molecule has 7 heteroatoms. The van der Waals surface area contributed by atoms with E-state index in [0.717, 1.165) is 25.2 Å². The predicted molar refractivity (Wildman–Crippen MR) is 67.8 cm³/mol. The average Bonchev–Trinajstić information content (AvgIpc) is 2.86. The van der Waals surface area contributed by atoms with Crippen LogP contribution in [0.4, 0.5) is 13.2 Å². The highest BCUT2D eigenvalue weighted by molar-refractivity contribution is 5.22. The highest BCUT2D eigenvalue weighted by atomic mass is 19.4. The number of nitrogens with zero attached hydrogens (tertiary/aromatic N) is 3. The van der Waals surface area contributed by atoms with Gasteiger partial charge in [-0.3, -0.25) is 4.98 Å². The smallest absolute Gasteiger partial charge is 0.333 e. The molecular formula is C13H15F3N4. The van der Waals surface area contributed by atoms with Crippen LogP contribution < -0.4 is 5.73 Å². The predicted octanol–water partition coefficient (Wildman–Crippen LogP) is 2.76. The third-order valence-corrected chi connectivity index (χ3v) is 2.92. The molecule has 0 fully saturated rings. The second-order valence-electron chi connectivity index (χ2n) is 4.43. The Morgan fingerprint density at radius 3 is 2.60 bits per heavy atom. The molecule has 20 heavy (non-hydrogen) atoms. The largest absolute Gasteiger partial charge is 0.417 e. The van der Waals surface area contributed by atoms with Gasteiger partial charge < -0.3 is 10.3 Å². The molecule has 2 N–H and O–H groups in total. The molecule has 2 aromatic heterocycles. The number of aromatic nitrogens is 3. The maximum Gasteiger partial charge on any atom is 0.417 e. The lowest BCUT2D eigenvalue weighted by Gasteiger charge is -2.14. The Bertz CT molecular complexity index is 560. The van der Waals surface area contributed by atoms with Gasteiger partial charge >= 0.3 is 6.18 Å². The quantitative estimate of drug-likeness (QED) is 0.939. The molecule has 2 aromatic rings. The molecule has 0 aliphatic carbocycles. The molecular weight excluding hydrogens is 269 g/mol. The van der Waals surface area contributed by atoms with Gasteiger partial charge in [-0.25, -0.2) is 4.98 Å².